The van der Waals surface area contributed by atoms with Gasteiger partial charge in [0.05, 0.1) is 13.7 Å². The molecule has 7 nitrogen and oxygen atoms in total. The van der Waals surface area contributed by atoms with Gasteiger partial charge in [0.25, 0.3) is 0 Å². The fourth-order valence-electron chi connectivity index (χ4n) is 2.44. The maximum Gasteiger partial charge on any atom is 0.238 e. The van der Waals surface area contributed by atoms with Crippen molar-refractivity contribution >= 4 is 11.6 Å². The second-order valence-corrected chi connectivity index (χ2v) is 5.61. The zero-order chi connectivity index (χ0) is 18.2. The lowest BCUT2D eigenvalue weighted by atomic mass is 10.2. The highest BCUT2D eigenvalue weighted by Gasteiger charge is 2.12. The molecule has 0 spiro atoms. The number of methoxy groups -OCH3 is 1. The molecule has 0 aromatic heterocycles. The Labute approximate surface area is 152 Å². The third-order valence-electron chi connectivity index (χ3n) is 3.72. The van der Waals surface area contributed by atoms with Crippen LogP contribution in [0.25, 0.3) is 0 Å². The number of amides is 1. The lowest BCUT2D eigenvalue weighted by Gasteiger charge is -2.19. The molecule has 138 valence electrons. The van der Waals surface area contributed by atoms with Gasteiger partial charge >= 0.3 is 0 Å². The van der Waals surface area contributed by atoms with Crippen LogP contribution in [0.4, 0.5) is 5.69 Å². The molecule has 2 N–H and O–H groups in total. The summed E-state index contributed by atoms with van der Waals surface area (Å²) < 4.78 is 21.6. The molecule has 1 heterocycles. The van der Waals surface area contributed by atoms with Gasteiger partial charge in [0, 0.05) is 18.3 Å². The first-order valence-electron chi connectivity index (χ1n) is 8.41. The first-order chi connectivity index (χ1) is 12.7. The Morgan fingerprint density at radius 1 is 1.04 bits per heavy atom. The first kappa shape index (κ1) is 17.9. The third-order valence-corrected chi connectivity index (χ3v) is 3.72. The molecule has 0 aliphatic carbocycles. The molecule has 26 heavy (non-hydrogen) atoms. The van der Waals surface area contributed by atoms with E-state index in [9.17, 15) is 4.79 Å². The van der Waals surface area contributed by atoms with Crippen LogP contribution in [0.1, 0.15) is 0 Å². The molecule has 0 bridgehead atoms. The van der Waals surface area contributed by atoms with E-state index >= 15 is 0 Å². The maximum absolute atomic E-state index is 12.0. The SMILES string of the molecule is COc1ccc(OCCNCC(=O)Nc2ccc3c(c2)OCCO3)cc1. The average molecular weight is 358 g/mol. The quantitative estimate of drug-likeness (QED) is 0.704. The van der Waals surface area contributed by atoms with E-state index < -0.39 is 0 Å². The number of nitrogens with one attached hydrogen (secondary N) is 2. The lowest BCUT2D eigenvalue weighted by molar-refractivity contribution is -0.115. The number of hydrogen-bond acceptors (Lipinski definition) is 6. The van der Waals surface area contributed by atoms with Gasteiger partial charge in [-0.2, -0.15) is 0 Å². The molecule has 0 radical (unpaired) electrons. The Morgan fingerprint density at radius 3 is 2.54 bits per heavy atom. The van der Waals surface area contributed by atoms with Gasteiger partial charge in [-0.05, 0) is 36.4 Å². The van der Waals surface area contributed by atoms with Gasteiger partial charge in [0.2, 0.25) is 5.91 Å². The van der Waals surface area contributed by atoms with Crippen molar-refractivity contribution in [3.63, 3.8) is 0 Å². The van der Waals surface area contributed by atoms with Gasteiger partial charge in [-0.25, -0.2) is 0 Å². The van der Waals surface area contributed by atoms with Crippen LogP contribution in [-0.2, 0) is 4.79 Å². The summed E-state index contributed by atoms with van der Waals surface area (Å²) in [6.45, 7) is 2.27. The second kappa shape index (κ2) is 8.96. The van der Waals surface area contributed by atoms with Crippen LogP contribution in [0.2, 0.25) is 0 Å². The molecule has 2 aromatic rings. The van der Waals surface area contributed by atoms with Crippen LogP contribution in [-0.4, -0.2) is 45.9 Å². The third kappa shape index (κ3) is 5.03. The largest absolute Gasteiger partial charge is 0.497 e. The minimum atomic E-state index is -0.133. The van der Waals surface area contributed by atoms with Crippen LogP contribution in [0.3, 0.4) is 0 Å². The number of ether oxygens (including phenoxy) is 4. The molecule has 3 rings (SSSR count). The van der Waals surface area contributed by atoms with Crippen LogP contribution in [0.5, 0.6) is 23.0 Å². The normalized spacial score (nSPS) is 12.3. The van der Waals surface area contributed by atoms with Crippen LogP contribution >= 0.6 is 0 Å². The molecule has 1 aliphatic rings. The topological polar surface area (TPSA) is 78.1 Å². The number of hydrogen-bond donors (Lipinski definition) is 2. The molecular formula is C19H22N2O5. The lowest BCUT2D eigenvalue weighted by Crippen LogP contribution is -2.31. The second-order valence-electron chi connectivity index (χ2n) is 5.61. The van der Waals surface area contributed by atoms with E-state index in [2.05, 4.69) is 10.6 Å². The van der Waals surface area contributed by atoms with Gasteiger partial charge in [-0.15, -0.1) is 0 Å². The molecule has 0 unspecified atom stereocenters. The molecule has 0 saturated heterocycles. The van der Waals surface area contributed by atoms with Crippen molar-refractivity contribution < 1.29 is 23.7 Å². The Balaban J connectivity index is 1.35. The van der Waals surface area contributed by atoms with Crippen molar-refractivity contribution in [2.45, 2.75) is 0 Å². The monoisotopic (exact) mass is 358 g/mol. The molecule has 0 atom stereocenters. The number of benzene rings is 2. The molecule has 0 saturated carbocycles. The minimum Gasteiger partial charge on any atom is -0.497 e. The van der Waals surface area contributed by atoms with Crippen molar-refractivity contribution in [2.75, 3.05) is 45.3 Å². The minimum absolute atomic E-state index is 0.133. The summed E-state index contributed by atoms with van der Waals surface area (Å²) in [5.41, 5.74) is 0.676. The molecule has 7 heteroatoms. The molecule has 1 aliphatic heterocycles. The highest BCUT2D eigenvalue weighted by molar-refractivity contribution is 5.92. The van der Waals surface area contributed by atoms with Gasteiger partial charge in [0.15, 0.2) is 11.5 Å². The van der Waals surface area contributed by atoms with Crippen molar-refractivity contribution in [3.05, 3.63) is 42.5 Å². The van der Waals surface area contributed by atoms with Gasteiger partial charge in [0.1, 0.15) is 31.3 Å². The van der Waals surface area contributed by atoms with E-state index in [1.54, 1.807) is 25.3 Å². The smallest absolute Gasteiger partial charge is 0.238 e. The van der Waals surface area contributed by atoms with E-state index in [-0.39, 0.29) is 12.5 Å². The fraction of sp³-hybridized carbons (Fsp3) is 0.316. The predicted molar refractivity (Wildman–Crippen MR) is 97.4 cm³/mol. The zero-order valence-electron chi connectivity index (χ0n) is 14.6. The summed E-state index contributed by atoms with van der Waals surface area (Å²) >= 11 is 0. The van der Waals surface area contributed by atoms with Gasteiger partial charge < -0.3 is 29.6 Å². The average Bonchev–Trinajstić information content (AvgIpc) is 2.68. The maximum atomic E-state index is 12.0. The van der Waals surface area contributed by atoms with E-state index in [1.165, 1.54) is 0 Å². The van der Waals surface area contributed by atoms with Gasteiger partial charge in [-0.3, -0.25) is 4.79 Å². The van der Waals surface area contributed by atoms with Crippen LogP contribution in [0, 0.1) is 0 Å². The number of anilines is 1. The van der Waals surface area contributed by atoms with Crippen LogP contribution in [0.15, 0.2) is 42.5 Å². The Hall–Kier alpha value is -2.93. The predicted octanol–water partition coefficient (Wildman–Crippen LogP) is 2.07. The van der Waals surface area contributed by atoms with Gasteiger partial charge in [-0.1, -0.05) is 0 Å². The molecule has 1 amide bonds. The van der Waals surface area contributed by atoms with E-state index in [0.29, 0.717) is 43.6 Å². The summed E-state index contributed by atoms with van der Waals surface area (Å²) in [5, 5.41) is 5.86. The highest BCUT2D eigenvalue weighted by atomic mass is 16.6. The summed E-state index contributed by atoms with van der Waals surface area (Å²) in [7, 11) is 1.62. The van der Waals surface area contributed by atoms with Crippen molar-refractivity contribution in [1.29, 1.82) is 0 Å². The van der Waals surface area contributed by atoms with E-state index in [4.69, 9.17) is 18.9 Å². The number of fused-ring (bicyclic) bond motifs is 1. The van der Waals surface area contributed by atoms with Crippen LogP contribution < -0.4 is 29.6 Å². The number of rotatable bonds is 8. The number of carbonyl (C=O) groups is 1. The first-order valence-corrected chi connectivity index (χ1v) is 8.41. The van der Waals surface area contributed by atoms with E-state index in [0.717, 1.165) is 11.5 Å². The standard InChI is InChI=1S/C19H22N2O5/c1-23-15-3-5-16(6-4-15)24-9-8-20-13-19(22)21-14-2-7-17-18(12-14)26-11-10-25-17/h2-7,12,20H,8-11,13H2,1H3,(H,21,22). The molecule has 2 aromatic carbocycles. The van der Waals surface area contributed by atoms with Crippen molar-refractivity contribution in [2.24, 2.45) is 0 Å². The molecular weight excluding hydrogens is 336 g/mol. The summed E-state index contributed by atoms with van der Waals surface area (Å²) in [6.07, 6.45) is 0. The highest BCUT2D eigenvalue weighted by Crippen LogP contribution is 2.32. The molecule has 0 fully saturated rings. The fourth-order valence-corrected chi connectivity index (χ4v) is 2.44. The zero-order valence-corrected chi connectivity index (χ0v) is 14.6. The van der Waals surface area contributed by atoms with E-state index in [1.807, 2.05) is 24.3 Å². The van der Waals surface area contributed by atoms with Crippen molar-refractivity contribution in [3.8, 4) is 23.0 Å². The summed E-state index contributed by atoms with van der Waals surface area (Å²) in [5.74, 6) is 2.75. The van der Waals surface area contributed by atoms with Crippen molar-refractivity contribution in [1.82, 2.24) is 5.32 Å². The summed E-state index contributed by atoms with van der Waals surface area (Å²) in [4.78, 5) is 12.0. The number of carbonyl (C=O) groups excluding carboxylic acids is 1. The Kier molecular flexibility index (Phi) is 6.16. The Bertz CT molecular complexity index is 733. The Morgan fingerprint density at radius 2 is 1.77 bits per heavy atom. The summed E-state index contributed by atoms with van der Waals surface area (Å²) in [6, 6.07) is 12.7.